The fraction of sp³-hybridized carbons (Fsp3) is 0.100. The Bertz CT molecular complexity index is 654. The van der Waals surface area contributed by atoms with E-state index in [4.69, 9.17) is 0 Å². The van der Waals surface area contributed by atoms with E-state index in [0.29, 0.717) is 0 Å². The maximum absolute atomic E-state index is 4.30. The van der Waals surface area contributed by atoms with Gasteiger partial charge in [0.2, 0.25) is 0 Å². The molecule has 16 heavy (non-hydrogen) atoms. The van der Waals surface area contributed by atoms with E-state index in [1.165, 1.54) is 0 Å². The molecule has 0 bridgehead atoms. The predicted molar refractivity (Wildman–Crippen MR) is 63.8 cm³/mol. The van der Waals surface area contributed by atoms with Gasteiger partial charge in [-0.25, -0.2) is 0 Å². The third kappa shape index (κ3) is 1.23. The second-order valence-electron chi connectivity index (χ2n) is 3.76. The zero-order valence-corrected chi connectivity index (χ0v) is 9.12. The van der Waals surface area contributed by atoms with Crippen molar-refractivity contribution < 1.29 is 0 Å². The summed E-state index contributed by atoms with van der Waals surface area (Å²) in [5.74, 6) is 0.922. The summed E-state index contributed by atoms with van der Waals surface area (Å²) < 4.78 is 3.60. The smallest absolute Gasteiger partial charge is 0.166 e. The first kappa shape index (κ1) is 9.14. The summed E-state index contributed by atoms with van der Waals surface area (Å²) in [5, 5.41) is 12.6. The van der Waals surface area contributed by atoms with E-state index in [1.54, 1.807) is 9.36 Å². The highest BCUT2D eigenvalue weighted by atomic mass is 15.5. The fourth-order valence-electron chi connectivity index (χ4n) is 1.83. The molecule has 6 heteroatoms. The lowest BCUT2D eigenvalue weighted by atomic mass is 10.1. The van der Waals surface area contributed by atoms with Gasteiger partial charge in [0.15, 0.2) is 13.7 Å². The van der Waals surface area contributed by atoms with Gasteiger partial charge in [-0.1, -0.05) is 17.3 Å². The van der Waals surface area contributed by atoms with Crippen LogP contribution in [-0.4, -0.2) is 32.6 Å². The summed E-state index contributed by atoms with van der Waals surface area (Å²) in [6.07, 6.45) is 0. The second kappa shape index (κ2) is 3.20. The maximum atomic E-state index is 4.30. The molecule has 3 rings (SSSR count). The van der Waals surface area contributed by atoms with Crippen LogP contribution in [-0.2, 0) is 7.05 Å². The molecule has 2 heterocycles. The van der Waals surface area contributed by atoms with Crippen molar-refractivity contribution in [3.63, 3.8) is 0 Å². The SMILES string of the molecule is Bc1cc(-n2nnc3ccccc32)n(C)n1. The number of para-hydroxylation sites is 1. The highest BCUT2D eigenvalue weighted by molar-refractivity contribution is 6.30. The van der Waals surface area contributed by atoms with Crippen molar-refractivity contribution in [2.75, 3.05) is 0 Å². The first-order valence-corrected chi connectivity index (χ1v) is 5.07. The number of hydrogen-bond donors (Lipinski definition) is 0. The lowest BCUT2D eigenvalue weighted by Crippen LogP contribution is -2.06. The summed E-state index contributed by atoms with van der Waals surface area (Å²) in [6, 6.07) is 9.86. The summed E-state index contributed by atoms with van der Waals surface area (Å²) in [6.45, 7) is 0. The van der Waals surface area contributed by atoms with Crippen molar-refractivity contribution in [3.05, 3.63) is 30.3 Å². The molecule has 0 unspecified atom stereocenters. The minimum atomic E-state index is 0.890. The molecule has 0 aliphatic heterocycles. The Morgan fingerprint density at radius 2 is 2.06 bits per heavy atom. The van der Waals surface area contributed by atoms with Crippen molar-refractivity contribution in [2.45, 2.75) is 0 Å². The third-order valence-corrected chi connectivity index (χ3v) is 2.55. The van der Waals surface area contributed by atoms with Crippen LogP contribution in [0.25, 0.3) is 16.9 Å². The highest BCUT2D eigenvalue weighted by Gasteiger charge is 2.09. The van der Waals surface area contributed by atoms with Crippen LogP contribution in [0.4, 0.5) is 0 Å². The molecule has 1 aromatic carbocycles. The van der Waals surface area contributed by atoms with Crippen LogP contribution in [0.5, 0.6) is 0 Å². The molecule has 0 aliphatic rings. The van der Waals surface area contributed by atoms with Gasteiger partial charge in [-0.05, 0) is 18.2 Å². The van der Waals surface area contributed by atoms with E-state index in [1.807, 2.05) is 45.2 Å². The van der Waals surface area contributed by atoms with Crippen LogP contribution in [0.15, 0.2) is 30.3 Å². The first-order valence-electron chi connectivity index (χ1n) is 5.07. The normalized spacial score (nSPS) is 11.1. The Morgan fingerprint density at radius 1 is 1.25 bits per heavy atom. The zero-order valence-electron chi connectivity index (χ0n) is 9.12. The van der Waals surface area contributed by atoms with Gasteiger partial charge in [-0.2, -0.15) is 9.78 Å². The van der Waals surface area contributed by atoms with Crippen LogP contribution in [0.2, 0.25) is 0 Å². The third-order valence-electron chi connectivity index (χ3n) is 2.55. The Kier molecular flexibility index (Phi) is 1.83. The summed E-state index contributed by atoms with van der Waals surface area (Å²) in [5.41, 5.74) is 2.85. The summed E-state index contributed by atoms with van der Waals surface area (Å²) >= 11 is 0. The molecular weight excluding hydrogens is 201 g/mol. The molecule has 0 aliphatic carbocycles. The zero-order chi connectivity index (χ0) is 11.1. The van der Waals surface area contributed by atoms with E-state index in [2.05, 4.69) is 15.4 Å². The van der Waals surface area contributed by atoms with Crippen LogP contribution in [0.1, 0.15) is 0 Å². The molecule has 2 aromatic heterocycles. The molecule has 0 spiro atoms. The molecule has 0 fully saturated rings. The molecule has 3 aromatic rings. The topological polar surface area (TPSA) is 48.5 Å². The Morgan fingerprint density at radius 3 is 2.81 bits per heavy atom. The Hall–Kier alpha value is -2.11. The minimum Gasteiger partial charge on any atom is -0.251 e. The first-order chi connectivity index (χ1) is 7.75. The van der Waals surface area contributed by atoms with E-state index in [0.717, 1.165) is 22.4 Å². The van der Waals surface area contributed by atoms with Gasteiger partial charge < -0.3 is 0 Å². The van der Waals surface area contributed by atoms with E-state index >= 15 is 0 Å². The van der Waals surface area contributed by atoms with Gasteiger partial charge in [-0.3, -0.25) is 4.68 Å². The number of fused-ring (bicyclic) bond motifs is 1. The van der Waals surface area contributed by atoms with Gasteiger partial charge in [0.05, 0.1) is 5.52 Å². The number of aromatic nitrogens is 5. The predicted octanol–water partition coefficient (Wildman–Crippen LogP) is -0.588. The number of nitrogens with zero attached hydrogens (tertiary/aromatic N) is 5. The molecule has 0 saturated heterocycles. The number of benzene rings is 1. The van der Waals surface area contributed by atoms with Gasteiger partial charge in [-0.15, -0.1) is 5.10 Å². The van der Waals surface area contributed by atoms with Crippen LogP contribution < -0.4 is 5.59 Å². The van der Waals surface area contributed by atoms with Gasteiger partial charge in [0.1, 0.15) is 5.52 Å². The Labute approximate surface area is 93.1 Å². The van der Waals surface area contributed by atoms with E-state index in [-0.39, 0.29) is 0 Å². The lowest BCUT2D eigenvalue weighted by Gasteiger charge is -2.01. The molecule has 0 atom stereocenters. The molecule has 0 radical (unpaired) electrons. The number of hydrogen-bond acceptors (Lipinski definition) is 3. The van der Waals surface area contributed by atoms with Crippen molar-refractivity contribution in [2.24, 2.45) is 7.05 Å². The fourth-order valence-corrected chi connectivity index (χ4v) is 1.83. The number of rotatable bonds is 1. The van der Waals surface area contributed by atoms with Crippen LogP contribution in [0, 0.1) is 0 Å². The summed E-state index contributed by atoms with van der Waals surface area (Å²) in [4.78, 5) is 0. The standard InChI is InChI=1S/C10H10BN5/c1-15-10(6-9(11)13-15)16-8-5-3-2-4-7(8)12-14-16/h2-6H,11H2,1H3. The summed E-state index contributed by atoms with van der Waals surface area (Å²) in [7, 11) is 3.86. The minimum absolute atomic E-state index is 0.890. The van der Waals surface area contributed by atoms with Gasteiger partial charge >= 0.3 is 0 Å². The molecule has 0 amide bonds. The monoisotopic (exact) mass is 211 g/mol. The van der Waals surface area contributed by atoms with Crippen molar-refractivity contribution >= 4 is 24.5 Å². The molecular formula is C10H10BN5. The van der Waals surface area contributed by atoms with Gasteiger partial charge in [0.25, 0.3) is 0 Å². The number of aryl methyl sites for hydroxylation is 1. The van der Waals surface area contributed by atoms with Gasteiger partial charge in [0, 0.05) is 12.6 Å². The second-order valence-corrected chi connectivity index (χ2v) is 3.76. The van der Waals surface area contributed by atoms with E-state index < -0.39 is 0 Å². The average Bonchev–Trinajstić information content (AvgIpc) is 2.81. The van der Waals surface area contributed by atoms with Crippen molar-refractivity contribution in [1.29, 1.82) is 0 Å². The quantitative estimate of drug-likeness (QED) is 0.505. The van der Waals surface area contributed by atoms with Crippen LogP contribution in [0.3, 0.4) is 0 Å². The largest absolute Gasteiger partial charge is 0.251 e. The maximum Gasteiger partial charge on any atom is 0.166 e. The Balaban J connectivity index is 2.30. The highest BCUT2D eigenvalue weighted by Crippen LogP contribution is 2.13. The average molecular weight is 211 g/mol. The lowest BCUT2D eigenvalue weighted by molar-refractivity contribution is 0.694. The molecule has 0 N–H and O–H groups in total. The van der Waals surface area contributed by atoms with Crippen molar-refractivity contribution in [3.8, 4) is 5.82 Å². The van der Waals surface area contributed by atoms with E-state index in [9.17, 15) is 0 Å². The molecule has 0 saturated carbocycles. The van der Waals surface area contributed by atoms with Crippen molar-refractivity contribution in [1.82, 2.24) is 24.8 Å². The van der Waals surface area contributed by atoms with Crippen LogP contribution >= 0.6 is 0 Å². The molecule has 5 nitrogen and oxygen atoms in total. The molecule has 78 valence electrons.